The number of halogens is 1. The number of rotatable bonds is 5. The molecular weight excluding hydrogens is 372 g/mol. The largest absolute Gasteiger partial charge is 0.326 e. The molecule has 7 heteroatoms. The SMILES string of the molecule is CN(CC1CC2CCC1C2)S(=O)(=O)c1cc(CN)sc1Br. The van der Waals surface area contributed by atoms with Crippen LogP contribution >= 0.6 is 27.3 Å². The lowest BCUT2D eigenvalue weighted by atomic mass is 9.89. The van der Waals surface area contributed by atoms with Crippen molar-refractivity contribution >= 4 is 37.3 Å². The molecule has 0 aromatic carbocycles. The molecule has 2 N–H and O–H groups in total. The molecule has 21 heavy (non-hydrogen) atoms. The normalized spacial score (nSPS) is 28.7. The number of hydrogen-bond donors (Lipinski definition) is 1. The van der Waals surface area contributed by atoms with Gasteiger partial charge in [0.2, 0.25) is 10.0 Å². The predicted octanol–water partition coefficient (Wildman–Crippen LogP) is 3.03. The van der Waals surface area contributed by atoms with E-state index in [2.05, 4.69) is 15.9 Å². The molecule has 2 aliphatic carbocycles. The first-order chi connectivity index (χ1) is 9.91. The van der Waals surface area contributed by atoms with Crippen LogP contribution in [0.1, 0.15) is 30.6 Å². The van der Waals surface area contributed by atoms with Gasteiger partial charge in [0.15, 0.2) is 0 Å². The third-order valence-electron chi connectivity index (χ3n) is 4.97. The molecule has 3 atom stereocenters. The molecule has 3 unspecified atom stereocenters. The van der Waals surface area contributed by atoms with Crippen LogP contribution in [0.15, 0.2) is 14.7 Å². The van der Waals surface area contributed by atoms with Crippen molar-refractivity contribution in [3.63, 3.8) is 0 Å². The van der Waals surface area contributed by atoms with Gasteiger partial charge in [-0.1, -0.05) is 6.42 Å². The molecule has 2 bridgehead atoms. The van der Waals surface area contributed by atoms with Gasteiger partial charge >= 0.3 is 0 Å². The standard InChI is InChI=1S/C14H21BrN2O2S2/c1-17(8-11-5-9-2-3-10(11)4-9)21(18,19)13-6-12(7-16)20-14(13)15/h6,9-11H,2-5,7-8,16H2,1H3. The highest BCUT2D eigenvalue weighted by atomic mass is 79.9. The van der Waals surface area contributed by atoms with Crippen molar-refractivity contribution < 1.29 is 8.42 Å². The van der Waals surface area contributed by atoms with Crippen molar-refractivity contribution in [3.8, 4) is 0 Å². The third kappa shape index (κ3) is 2.95. The van der Waals surface area contributed by atoms with Crippen LogP contribution in [0.5, 0.6) is 0 Å². The fraction of sp³-hybridized carbons (Fsp3) is 0.714. The van der Waals surface area contributed by atoms with Gasteiger partial charge < -0.3 is 5.73 Å². The fourth-order valence-corrected chi connectivity index (χ4v) is 7.61. The summed E-state index contributed by atoms with van der Waals surface area (Å²) in [7, 11) is -1.72. The van der Waals surface area contributed by atoms with E-state index in [9.17, 15) is 8.42 Å². The van der Waals surface area contributed by atoms with E-state index >= 15 is 0 Å². The summed E-state index contributed by atoms with van der Waals surface area (Å²) in [4.78, 5) is 1.24. The molecule has 0 radical (unpaired) electrons. The van der Waals surface area contributed by atoms with Crippen LogP contribution in [0.3, 0.4) is 0 Å². The molecule has 0 amide bonds. The quantitative estimate of drug-likeness (QED) is 0.837. The average Bonchev–Trinajstić information content (AvgIpc) is 3.13. The molecule has 1 heterocycles. The molecule has 0 spiro atoms. The van der Waals surface area contributed by atoms with Crippen LogP contribution in [-0.2, 0) is 16.6 Å². The Balaban J connectivity index is 1.76. The van der Waals surface area contributed by atoms with Crippen LogP contribution in [0.25, 0.3) is 0 Å². The van der Waals surface area contributed by atoms with Crippen LogP contribution in [-0.4, -0.2) is 26.3 Å². The lowest BCUT2D eigenvalue weighted by Crippen LogP contribution is -2.33. The minimum Gasteiger partial charge on any atom is -0.326 e. The van der Waals surface area contributed by atoms with E-state index in [1.54, 1.807) is 13.1 Å². The van der Waals surface area contributed by atoms with E-state index in [1.807, 2.05) is 0 Å². The smallest absolute Gasteiger partial charge is 0.244 e. The van der Waals surface area contributed by atoms with Crippen LogP contribution in [0, 0.1) is 17.8 Å². The van der Waals surface area contributed by atoms with E-state index in [4.69, 9.17) is 5.73 Å². The predicted molar refractivity (Wildman–Crippen MR) is 88.7 cm³/mol. The summed E-state index contributed by atoms with van der Waals surface area (Å²) in [5, 5.41) is 0. The summed E-state index contributed by atoms with van der Waals surface area (Å²) in [6.45, 7) is 1.01. The number of fused-ring (bicyclic) bond motifs is 2. The van der Waals surface area contributed by atoms with Gasteiger partial charge in [0.05, 0.1) is 3.79 Å². The first kappa shape index (κ1) is 15.9. The highest BCUT2D eigenvalue weighted by molar-refractivity contribution is 9.11. The zero-order chi connectivity index (χ0) is 15.2. The van der Waals surface area contributed by atoms with Gasteiger partial charge in [-0.3, -0.25) is 0 Å². The van der Waals surface area contributed by atoms with E-state index < -0.39 is 10.0 Å². The van der Waals surface area contributed by atoms with E-state index in [0.717, 1.165) is 16.7 Å². The third-order valence-corrected chi connectivity index (χ3v) is 9.07. The molecule has 0 saturated heterocycles. The number of nitrogens with two attached hydrogens (primary N) is 1. The molecular formula is C14H21BrN2O2S2. The minimum absolute atomic E-state index is 0.360. The Morgan fingerprint density at radius 2 is 2.19 bits per heavy atom. The second-order valence-electron chi connectivity index (χ2n) is 6.28. The van der Waals surface area contributed by atoms with Crippen molar-refractivity contribution in [1.82, 2.24) is 4.31 Å². The van der Waals surface area contributed by atoms with Gasteiger partial charge in [-0.2, -0.15) is 0 Å². The number of nitrogens with zero attached hydrogens (tertiary/aromatic N) is 1. The highest BCUT2D eigenvalue weighted by Gasteiger charge is 2.41. The van der Waals surface area contributed by atoms with Crippen molar-refractivity contribution in [2.75, 3.05) is 13.6 Å². The first-order valence-corrected chi connectivity index (χ1v) is 10.4. The second kappa shape index (κ2) is 5.92. The Kier molecular flexibility index (Phi) is 4.49. The van der Waals surface area contributed by atoms with Gasteiger partial charge in [0.1, 0.15) is 4.90 Å². The van der Waals surface area contributed by atoms with E-state index in [-0.39, 0.29) is 0 Å². The summed E-state index contributed by atoms with van der Waals surface area (Å²) in [6, 6.07) is 1.70. The highest BCUT2D eigenvalue weighted by Crippen LogP contribution is 2.48. The second-order valence-corrected chi connectivity index (χ2v) is 10.7. The lowest BCUT2D eigenvalue weighted by Gasteiger charge is -2.26. The molecule has 2 saturated carbocycles. The monoisotopic (exact) mass is 392 g/mol. The molecule has 2 fully saturated rings. The van der Waals surface area contributed by atoms with Crippen molar-refractivity contribution in [2.24, 2.45) is 23.5 Å². The Morgan fingerprint density at radius 1 is 1.43 bits per heavy atom. The van der Waals surface area contributed by atoms with Crippen molar-refractivity contribution in [2.45, 2.75) is 37.1 Å². The van der Waals surface area contributed by atoms with E-state index in [1.165, 1.54) is 41.3 Å². The van der Waals surface area contributed by atoms with Crippen LogP contribution < -0.4 is 5.73 Å². The first-order valence-electron chi connectivity index (χ1n) is 7.36. The van der Waals surface area contributed by atoms with Gasteiger partial charge in [0, 0.05) is 25.0 Å². The average molecular weight is 393 g/mol. The zero-order valence-corrected chi connectivity index (χ0v) is 15.3. The molecule has 3 rings (SSSR count). The Bertz CT molecular complexity index is 629. The molecule has 118 valence electrons. The number of sulfonamides is 1. The summed E-state index contributed by atoms with van der Waals surface area (Å²) >= 11 is 4.76. The Morgan fingerprint density at radius 3 is 2.71 bits per heavy atom. The van der Waals surface area contributed by atoms with Gasteiger partial charge in [-0.05, 0) is 59.0 Å². The van der Waals surface area contributed by atoms with Crippen LogP contribution in [0.4, 0.5) is 0 Å². The maximum absolute atomic E-state index is 12.7. The maximum Gasteiger partial charge on any atom is 0.244 e. The minimum atomic E-state index is -3.42. The number of thiophene rings is 1. The molecule has 0 aliphatic heterocycles. The molecule has 4 nitrogen and oxygen atoms in total. The summed E-state index contributed by atoms with van der Waals surface area (Å²) in [5.74, 6) is 2.11. The molecule has 2 aliphatic rings. The lowest BCUT2D eigenvalue weighted by molar-refractivity contribution is 0.280. The zero-order valence-electron chi connectivity index (χ0n) is 12.1. The topological polar surface area (TPSA) is 63.4 Å². The Hall–Kier alpha value is 0.0500. The van der Waals surface area contributed by atoms with Crippen molar-refractivity contribution in [1.29, 1.82) is 0 Å². The van der Waals surface area contributed by atoms with Gasteiger partial charge in [-0.25, -0.2) is 12.7 Å². The van der Waals surface area contributed by atoms with Gasteiger partial charge in [-0.15, -0.1) is 11.3 Å². The van der Waals surface area contributed by atoms with Gasteiger partial charge in [0.25, 0.3) is 0 Å². The number of hydrogen-bond acceptors (Lipinski definition) is 4. The fourth-order valence-electron chi connectivity index (χ4n) is 3.87. The maximum atomic E-state index is 12.7. The molecule has 1 aromatic rings. The molecule has 1 aromatic heterocycles. The summed E-state index contributed by atoms with van der Waals surface area (Å²) in [5.41, 5.74) is 5.61. The summed E-state index contributed by atoms with van der Waals surface area (Å²) < 4.78 is 27.7. The summed E-state index contributed by atoms with van der Waals surface area (Å²) in [6.07, 6.45) is 5.12. The van der Waals surface area contributed by atoms with E-state index in [0.29, 0.717) is 27.7 Å². The van der Waals surface area contributed by atoms with Crippen molar-refractivity contribution in [3.05, 3.63) is 14.7 Å². The van der Waals surface area contributed by atoms with Crippen LogP contribution in [0.2, 0.25) is 0 Å². The Labute approximate surface area is 138 Å².